The number of anilines is 2. The number of esters is 1. The molecule has 2 amide bonds. The molecule has 0 spiro atoms. The first kappa shape index (κ1) is 25.4. The van der Waals surface area contributed by atoms with Gasteiger partial charge in [0.2, 0.25) is 0 Å². The van der Waals surface area contributed by atoms with Crippen molar-refractivity contribution in [2.24, 2.45) is 5.92 Å². The molecule has 4 heterocycles. The van der Waals surface area contributed by atoms with Gasteiger partial charge in [0.25, 0.3) is 0 Å². The third-order valence-electron chi connectivity index (χ3n) is 7.26. The molecule has 2 N–H and O–H groups in total. The molecule has 10 nitrogen and oxygen atoms in total. The molecule has 2 saturated heterocycles. The lowest BCUT2D eigenvalue weighted by Crippen LogP contribution is -2.45. The van der Waals surface area contributed by atoms with E-state index in [1.807, 2.05) is 31.2 Å². The number of carbonyl (C=O) groups excluding carboxylic acids is 2. The summed E-state index contributed by atoms with van der Waals surface area (Å²) in [4.78, 5) is 38.5. The van der Waals surface area contributed by atoms with E-state index in [2.05, 4.69) is 27.4 Å². The topological polar surface area (TPSA) is 109 Å². The van der Waals surface area contributed by atoms with Gasteiger partial charge in [-0.05, 0) is 56.9 Å². The number of aromatic nitrogens is 2. The van der Waals surface area contributed by atoms with Gasteiger partial charge < -0.3 is 25.0 Å². The Bertz CT molecular complexity index is 1120. The molecule has 1 aromatic carbocycles. The fourth-order valence-corrected chi connectivity index (χ4v) is 5.32. The molecule has 0 radical (unpaired) electrons. The largest absolute Gasteiger partial charge is 0.466 e. The number of carbonyl (C=O) groups is 2. The number of hydrogen-bond acceptors (Lipinski definition) is 8. The van der Waals surface area contributed by atoms with Crippen molar-refractivity contribution in [3.05, 3.63) is 35.5 Å². The molecular weight excluding hydrogens is 472 g/mol. The summed E-state index contributed by atoms with van der Waals surface area (Å²) in [5, 5.41) is 5.57. The predicted molar refractivity (Wildman–Crippen MR) is 140 cm³/mol. The highest BCUT2D eigenvalue weighted by molar-refractivity contribution is 5.89. The van der Waals surface area contributed by atoms with E-state index in [9.17, 15) is 9.59 Å². The van der Waals surface area contributed by atoms with Crippen molar-refractivity contribution in [3.63, 3.8) is 0 Å². The number of rotatable bonds is 6. The molecule has 37 heavy (non-hydrogen) atoms. The molecule has 2 aromatic rings. The van der Waals surface area contributed by atoms with Gasteiger partial charge in [-0.2, -0.15) is 0 Å². The summed E-state index contributed by atoms with van der Waals surface area (Å²) in [6.07, 6.45) is 2.28. The zero-order valence-electron chi connectivity index (χ0n) is 21.7. The Balaban J connectivity index is 1.42. The normalized spacial score (nSPS) is 22.2. The highest BCUT2D eigenvalue weighted by Crippen LogP contribution is 2.32. The number of morpholine rings is 1. The van der Waals surface area contributed by atoms with Crippen molar-refractivity contribution >= 4 is 23.5 Å². The van der Waals surface area contributed by atoms with Gasteiger partial charge in [0, 0.05) is 56.0 Å². The first-order valence-corrected chi connectivity index (χ1v) is 13.3. The minimum absolute atomic E-state index is 0.0908. The highest BCUT2D eigenvalue weighted by Gasteiger charge is 2.30. The van der Waals surface area contributed by atoms with E-state index in [0.717, 1.165) is 56.1 Å². The van der Waals surface area contributed by atoms with Crippen LogP contribution in [0.1, 0.15) is 37.9 Å². The summed E-state index contributed by atoms with van der Waals surface area (Å²) in [6.45, 7) is 9.83. The molecule has 2 fully saturated rings. The van der Waals surface area contributed by atoms with Crippen LogP contribution in [0.15, 0.2) is 24.3 Å². The van der Waals surface area contributed by atoms with Gasteiger partial charge in [-0.15, -0.1) is 0 Å². The van der Waals surface area contributed by atoms with Gasteiger partial charge in [0.1, 0.15) is 5.82 Å². The Hall–Kier alpha value is -3.24. The maximum Gasteiger partial charge on any atom is 0.319 e. The van der Waals surface area contributed by atoms with Crippen LogP contribution in [0.4, 0.5) is 16.3 Å². The van der Waals surface area contributed by atoms with Gasteiger partial charge in [-0.25, -0.2) is 14.8 Å². The van der Waals surface area contributed by atoms with E-state index >= 15 is 0 Å². The van der Waals surface area contributed by atoms with E-state index in [4.69, 9.17) is 19.4 Å². The molecule has 0 bridgehead atoms. The highest BCUT2D eigenvalue weighted by atomic mass is 16.5. The third-order valence-corrected chi connectivity index (χ3v) is 7.26. The van der Waals surface area contributed by atoms with Crippen molar-refractivity contribution in [2.45, 2.75) is 45.7 Å². The lowest BCUT2D eigenvalue weighted by atomic mass is 9.97. The molecule has 10 heteroatoms. The van der Waals surface area contributed by atoms with E-state index in [0.29, 0.717) is 50.2 Å². The van der Waals surface area contributed by atoms with E-state index in [-0.39, 0.29) is 18.0 Å². The number of amides is 2. The van der Waals surface area contributed by atoms with E-state index in [1.165, 1.54) is 5.56 Å². The average Bonchev–Trinajstić information content (AvgIpc) is 2.89. The summed E-state index contributed by atoms with van der Waals surface area (Å²) < 4.78 is 10.8. The fourth-order valence-electron chi connectivity index (χ4n) is 5.32. The minimum atomic E-state index is -0.227. The molecule has 1 unspecified atom stereocenters. The molecule has 0 saturated carbocycles. The van der Waals surface area contributed by atoms with Gasteiger partial charge in [-0.3, -0.25) is 9.69 Å². The van der Waals surface area contributed by atoms with Gasteiger partial charge in [0.05, 0.1) is 31.6 Å². The summed E-state index contributed by atoms with van der Waals surface area (Å²) in [7, 11) is 0. The third kappa shape index (κ3) is 6.02. The SMILES string of the molecule is CCNC(=O)Nc1ccc(-c2nc3c(c(N4CCOC[C@@H]4C)n2)CCN(CC2CCOC(=O)C2)C3)cc1. The Morgan fingerprint density at radius 1 is 1.16 bits per heavy atom. The van der Waals surface area contributed by atoms with Crippen LogP contribution >= 0.6 is 0 Å². The van der Waals surface area contributed by atoms with Crippen LogP contribution in [-0.2, 0) is 27.2 Å². The summed E-state index contributed by atoms with van der Waals surface area (Å²) in [5.74, 6) is 1.92. The number of urea groups is 1. The lowest BCUT2D eigenvalue weighted by Gasteiger charge is -2.38. The Kier molecular flexibility index (Phi) is 7.85. The fraction of sp³-hybridized carbons (Fsp3) is 0.556. The maximum absolute atomic E-state index is 11.9. The Morgan fingerprint density at radius 3 is 2.76 bits per heavy atom. The quantitative estimate of drug-likeness (QED) is 0.574. The van der Waals surface area contributed by atoms with Crippen LogP contribution in [0.2, 0.25) is 0 Å². The number of cyclic esters (lactones) is 1. The molecule has 2 atom stereocenters. The molecule has 0 aliphatic carbocycles. The van der Waals surface area contributed by atoms with Crippen LogP contribution in [-0.4, -0.2) is 78.9 Å². The number of hydrogen-bond donors (Lipinski definition) is 2. The summed E-state index contributed by atoms with van der Waals surface area (Å²) in [5.41, 5.74) is 3.88. The standard InChI is InChI=1S/C27H36N6O4/c1-3-28-27(35)29-21-6-4-20(5-7-21)25-30-23-16-32(15-19-9-12-37-24(34)14-19)10-8-22(23)26(31-25)33-11-13-36-17-18(33)2/h4-7,18-19H,3,8-17H2,1-2H3,(H2,28,29,35)/t18-,19?/m0/s1. The van der Waals surface area contributed by atoms with E-state index < -0.39 is 0 Å². The summed E-state index contributed by atoms with van der Waals surface area (Å²) in [6, 6.07) is 7.65. The molecular formula is C27H36N6O4. The van der Waals surface area contributed by atoms with Gasteiger partial charge in [-0.1, -0.05) is 0 Å². The lowest BCUT2D eigenvalue weighted by molar-refractivity contribution is -0.149. The van der Waals surface area contributed by atoms with Crippen LogP contribution in [0.5, 0.6) is 0 Å². The maximum atomic E-state index is 11.9. The van der Waals surface area contributed by atoms with Crippen LogP contribution in [0.25, 0.3) is 11.4 Å². The molecule has 198 valence electrons. The first-order valence-electron chi connectivity index (χ1n) is 13.3. The first-order chi connectivity index (χ1) is 18.0. The molecule has 3 aliphatic rings. The number of benzene rings is 1. The van der Waals surface area contributed by atoms with Crippen molar-refractivity contribution in [3.8, 4) is 11.4 Å². The zero-order chi connectivity index (χ0) is 25.8. The minimum Gasteiger partial charge on any atom is -0.466 e. The Labute approximate surface area is 217 Å². The molecule has 1 aromatic heterocycles. The average molecular weight is 509 g/mol. The molecule has 3 aliphatic heterocycles. The van der Waals surface area contributed by atoms with Crippen molar-refractivity contribution in [1.29, 1.82) is 0 Å². The van der Waals surface area contributed by atoms with Crippen molar-refractivity contribution < 1.29 is 19.1 Å². The van der Waals surface area contributed by atoms with Crippen molar-refractivity contribution in [1.82, 2.24) is 20.2 Å². The van der Waals surface area contributed by atoms with Crippen LogP contribution < -0.4 is 15.5 Å². The molecule has 5 rings (SSSR count). The van der Waals surface area contributed by atoms with Crippen LogP contribution in [0, 0.1) is 5.92 Å². The number of nitrogens with one attached hydrogen (secondary N) is 2. The van der Waals surface area contributed by atoms with Gasteiger partial charge in [0.15, 0.2) is 5.82 Å². The smallest absolute Gasteiger partial charge is 0.319 e. The van der Waals surface area contributed by atoms with Gasteiger partial charge >= 0.3 is 12.0 Å². The van der Waals surface area contributed by atoms with Crippen LogP contribution in [0.3, 0.4) is 0 Å². The summed E-state index contributed by atoms with van der Waals surface area (Å²) >= 11 is 0. The number of nitrogens with zero attached hydrogens (tertiary/aromatic N) is 4. The van der Waals surface area contributed by atoms with Crippen molar-refractivity contribution in [2.75, 3.05) is 56.2 Å². The zero-order valence-corrected chi connectivity index (χ0v) is 21.7. The predicted octanol–water partition coefficient (Wildman–Crippen LogP) is 2.82. The number of fused-ring (bicyclic) bond motifs is 1. The van der Waals surface area contributed by atoms with E-state index in [1.54, 1.807) is 0 Å². The second-order valence-corrected chi connectivity index (χ2v) is 10.0. The second kappa shape index (κ2) is 11.4. The Morgan fingerprint density at radius 2 is 2.00 bits per heavy atom. The monoisotopic (exact) mass is 508 g/mol. The second-order valence-electron chi connectivity index (χ2n) is 10.0. The number of ether oxygens (including phenoxy) is 2.